The highest BCUT2D eigenvalue weighted by Gasteiger charge is 2.31. The van der Waals surface area contributed by atoms with Gasteiger partial charge in [-0.25, -0.2) is 18.3 Å². The fraction of sp³-hybridized carbons (Fsp3) is 0.296. The standard InChI is InChI=1S/C27H24F5N7O/c1-14-10-17(11-15(2)23(14)28)39-25(22-16(3)33-7-6-19(22)35-39)37-9-8-36(26(37)40)21-5-4-20-18(24(21)29)12-34-38(20)13-27(30,31)32/h4-5,8-12,16,33H,6-7,13H2,1-3H3/t16-/m0/s1. The molecule has 1 atom stereocenters. The van der Waals surface area contributed by atoms with Crippen molar-refractivity contribution in [3.05, 3.63) is 87.4 Å². The van der Waals surface area contributed by atoms with Crippen LogP contribution in [0.4, 0.5) is 22.0 Å². The van der Waals surface area contributed by atoms with Gasteiger partial charge in [0, 0.05) is 37.0 Å². The van der Waals surface area contributed by atoms with Crippen molar-refractivity contribution in [1.29, 1.82) is 0 Å². The molecule has 0 saturated heterocycles. The molecule has 3 aromatic heterocycles. The molecule has 2 aromatic carbocycles. The minimum absolute atomic E-state index is 0.0415. The molecule has 40 heavy (non-hydrogen) atoms. The van der Waals surface area contributed by atoms with E-state index in [4.69, 9.17) is 5.10 Å². The largest absolute Gasteiger partial charge is 0.408 e. The number of imidazole rings is 1. The number of aromatic nitrogens is 6. The fourth-order valence-corrected chi connectivity index (χ4v) is 5.37. The Morgan fingerprint density at radius 2 is 1.75 bits per heavy atom. The van der Waals surface area contributed by atoms with Crippen molar-refractivity contribution in [3.63, 3.8) is 0 Å². The molecule has 0 fully saturated rings. The fourth-order valence-electron chi connectivity index (χ4n) is 5.37. The van der Waals surface area contributed by atoms with Crippen molar-refractivity contribution < 1.29 is 22.0 Å². The quantitative estimate of drug-likeness (QED) is 0.322. The average Bonchev–Trinajstić information content (AvgIpc) is 3.58. The summed E-state index contributed by atoms with van der Waals surface area (Å²) in [6.45, 7) is 4.57. The van der Waals surface area contributed by atoms with Gasteiger partial charge in [0.1, 0.15) is 18.2 Å². The minimum Gasteiger partial charge on any atom is -0.310 e. The Kier molecular flexibility index (Phi) is 5.95. The summed E-state index contributed by atoms with van der Waals surface area (Å²) in [5.74, 6) is -0.769. The molecule has 5 aromatic rings. The highest BCUT2D eigenvalue weighted by atomic mass is 19.4. The SMILES string of the molecule is Cc1cc(-n2nc3c(c2-n2ccn(-c4ccc5c(cnn5CC(F)(F)F)c4F)c2=O)[C@H](C)NCC3)cc(C)c1F. The van der Waals surface area contributed by atoms with E-state index < -0.39 is 24.2 Å². The molecule has 13 heteroatoms. The summed E-state index contributed by atoms with van der Waals surface area (Å²) in [6, 6.07) is 5.70. The van der Waals surface area contributed by atoms with Gasteiger partial charge in [0.25, 0.3) is 0 Å². The normalized spacial score (nSPS) is 15.7. The lowest BCUT2D eigenvalue weighted by atomic mass is 10.0. The second-order valence-electron chi connectivity index (χ2n) is 9.98. The third kappa shape index (κ3) is 4.12. The zero-order valence-electron chi connectivity index (χ0n) is 21.7. The number of hydrogen-bond donors (Lipinski definition) is 1. The van der Waals surface area contributed by atoms with Crippen LogP contribution < -0.4 is 11.0 Å². The molecule has 0 bridgehead atoms. The van der Waals surface area contributed by atoms with Gasteiger partial charge >= 0.3 is 11.9 Å². The Balaban J connectivity index is 1.52. The molecule has 0 saturated carbocycles. The molecule has 0 spiro atoms. The first-order valence-electron chi connectivity index (χ1n) is 12.6. The van der Waals surface area contributed by atoms with Gasteiger partial charge in [0.15, 0.2) is 5.82 Å². The number of fused-ring (bicyclic) bond motifs is 2. The molecule has 0 unspecified atom stereocenters. The van der Waals surface area contributed by atoms with E-state index in [9.17, 15) is 22.4 Å². The molecule has 1 aliphatic rings. The predicted octanol–water partition coefficient (Wildman–Crippen LogP) is 4.83. The van der Waals surface area contributed by atoms with Gasteiger partial charge in [0.2, 0.25) is 0 Å². The summed E-state index contributed by atoms with van der Waals surface area (Å²) in [7, 11) is 0. The predicted molar refractivity (Wildman–Crippen MR) is 137 cm³/mol. The number of nitrogens with zero attached hydrogens (tertiary/aromatic N) is 6. The molecular weight excluding hydrogens is 533 g/mol. The van der Waals surface area contributed by atoms with Gasteiger partial charge in [-0.15, -0.1) is 0 Å². The van der Waals surface area contributed by atoms with Crippen LogP contribution >= 0.6 is 0 Å². The van der Waals surface area contributed by atoms with Gasteiger partial charge < -0.3 is 5.32 Å². The Morgan fingerprint density at radius 1 is 1.05 bits per heavy atom. The van der Waals surface area contributed by atoms with Crippen LogP contribution in [0.25, 0.3) is 28.1 Å². The average molecular weight is 558 g/mol. The maximum atomic E-state index is 15.6. The van der Waals surface area contributed by atoms with E-state index >= 15 is 4.39 Å². The Morgan fingerprint density at radius 3 is 2.45 bits per heavy atom. The van der Waals surface area contributed by atoms with Crippen LogP contribution in [-0.2, 0) is 13.0 Å². The summed E-state index contributed by atoms with van der Waals surface area (Å²) in [4.78, 5) is 13.8. The molecule has 1 aliphatic heterocycles. The van der Waals surface area contributed by atoms with Gasteiger partial charge in [0.05, 0.1) is 34.2 Å². The maximum absolute atomic E-state index is 15.6. The van der Waals surface area contributed by atoms with Crippen molar-refractivity contribution in [3.8, 4) is 17.2 Å². The van der Waals surface area contributed by atoms with Crippen LogP contribution in [0.3, 0.4) is 0 Å². The van der Waals surface area contributed by atoms with E-state index in [1.54, 1.807) is 30.7 Å². The van der Waals surface area contributed by atoms with E-state index in [-0.39, 0.29) is 28.4 Å². The Hall–Kier alpha value is -4.26. The van der Waals surface area contributed by atoms with Crippen molar-refractivity contribution in [2.24, 2.45) is 0 Å². The summed E-state index contributed by atoms with van der Waals surface area (Å²) in [5.41, 5.74) is 2.19. The lowest BCUT2D eigenvalue weighted by Gasteiger charge is -2.21. The van der Waals surface area contributed by atoms with Crippen LogP contribution in [0, 0.1) is 25.5 Å². The number of nitrogens with one attached hydrogen (secondary N) is 1. The van der Waals surface area contributed by atoms with E-state index in [1.807, 2.05) is 6.92 Å². The lowest BCUT2D eigenvalue weighted by Crippen LogP contribution is -2.30. The Bertz CT molecular complexity index is 1820. The number of benzene rings is 2. The molecule has 4 heterocycles. The molecule has 0 amide bonds. The highest BCUT2D eigenvalue weighted by molar-refractivity contribution is 5.82. The summed E-state index contributed by atoms with van der Waals surface area (Å²) in [5, 5.41) is 11.7. The maximum Gasteiger partial charge on any atom is 0.408 e. The highest BCUT2D eigenvalue weighted by Crippen LogP contribution is 2.32. The Labute approximate surface area is 224 Å². The minimum atomic E-state index is -4.53. The van der Waals surface area contributed by atoms with Crippen LogP contribution in [0.15, 0.2) is 47.7 Å². The first-order chi connectivity index (χ1) is 18.9. The van der Waals surface area contributed by atoms with Crippen LogP contribution in [0.2, 0.25) is 0 Å². The topological polar surface area (TPSA) is 74.6 Å². The summed E-state index contributed by atoms with van der Waals surface area (Å²) >= 11 is 0. The van der Waals surface area contributed by atoms with Gasteiger partial charge in [-0.3, -0.25) is 13.8 Å². The summed E-state index contributed by atoms with van der Waals surface area (Å²) < 4.78 is 73.4. The molecule has 1 N–H and O–H groups in total. The lowest BCUT2D eigenvalue weighted by molar-refractivity contribution is -0.141. The molecule has 6 rings (SSSR count). The number of halogens is 5. The third-order valence-electron chi connectivity index (χ3n) is 7.22. The number of rotatable bonds is 4. The van der Waals surface area contributed by atoms with Crippen molar-refractivity contribution >= 4 is 10.9 Å². The number of aryl methyl sites for hydroxylation is 2. The van der Waals surface area contributed by atoms with E-state index in [0.717, 1.165) is 22.0 Å². The van der Waals surface area contributed by atoms with Gasteiger partial charge in [-0.05, 0) is 56.2 Å². The first kappa shape index (κ1) is 26.0. The monoisotopic (exact) mass is 557 g/mol. The van der Waals surface area contributed by atoms with E-state index in [1.165, 1.54) is 29.1 Å². The molecule has 208 valence electrons. The zero-order chi connectivity index (χ0) is 28.5. The van der Waals surface area contributed by atoms with Gasteiger partial charge in [-0.2, -0.15) is 23.4 Å². The van der Waals surface area contributed by atoms with E-state index in [2.05, 4.69) is 10.4 Å². The van der Waals surface area contributed by atoms with E-state index in [0.29, 0.717) is 40.3 Å². The van der Waals surface area contributed by atoms with Crippen molar-refractivity contribution in [1.82, 2.24) is 34.0 Å². The molecule has 8 nitrogen and oxygen atoms in total. The zero-order valence-corrected chi connectivity index (χ0v) is 21.7. The first-order valence-corrected chi connectivity index (χ1v) is 12.6. The van der Waals surface area contributed by atoms with Crippen LogP contribution in [0.1, 0.15) is 35.3 Å². The van der Waals surface area contributed by atoms with Crippen LogP contribution in [0.5, 0.6) is 0 Å². The van der Waals surface area contributed by atoms with Gasteiger partial charge in [-0.1, -0.05) is 0 Å². The van der Waals surface area contributed by atoms with Crippen LogP contribution in [-0.4, -0.2) is 41.4 Å². The smallest absolute Gasteiger partial charge is 0.310 e. The number of hydrogen-bond acceptors (Lipinski definition) is 4. The van der Waals surface area contributed by atoms with Crippen molar-refractivity contribution in [2.75, 3.05) is 6.54 Å². The molecule has 0 radical (unpaired) electrons. The molecule has 0 aliphatic carbocycles. The summed E-state index contributed by atoms with van der Waals surface area (Å²) in [6.07, 6.45) is -0.0324. The second kappa shape index (κ2) is 9.15. The number of alkyl halides is 3. The molecular formula is C27H24F5N7O. The van der Waals surface area contributed by atoms with Crippen molar-refractivity contribution in [2.45, 2.75) is 46.0 Å². The third-order valence-corrected chi connectivity index (χ3v) is 7.22. The second-order valence-corrected chi connectivity index (χ2v) is 9.98.